The van der Waals surface area contributed by atoms with Gasteiger partial charge in [-0.25, -0.2) is 0 Å². The van der Waals surface area contributed by atoms with E-state index in [1.165, 1.54) is 53.4 Å². The molecule has 0 bridgehead atoms. The van der Waals surface area contributed by atoms with E-state index in [4.69, 9.17) is 0 Å². The Morgan fingerprint density at radius 1 is 1.22 bits per heavy atom. The number of nitrogens with one attached hydrogen (secondary N) is 1. The fourth-order valence-electron chi connectivity index (χ4n) is 3.06. The summed E-state index contributed by atoms with van der Waals surface area (Å²) < 4.78 is 1.24. The maximum absolute atomic E-state index is 3.73. The van der Waals surface area contributed by atoms with Crippen molar-refractivity contribution < 1.29 is 0 Å². The average Bonchev–Trinajstić information content (AvgIpc) is 2.36. The number of rotatable bonds is 3. The molecule has 100 valence electrons. The van der Waals surface area contributed by atoms with E-state index in [1.54, 1.807) is 0 Å². The van der Waals surface area contributed by atoms with Crippen LogP contribution in [0.4, 0.5) is 5.69 Å². The Hall–Kier alpha value is -0.500. The van der Waals surface area contributed by atoms with E-state index < -0.39 is 0 Å². The Kier molecular flexibility index (Phi) is 4.71. The smallest absolute Gasteiger partial charge is 0.0348 e. The Balaban J connectivity index is 2.05. The van der Waals surface area contributed by atoms with Crippen molar-refractivity contribution in [1.82, 2.24) is 0 Å². The van der Waals surface area contributed by atoms with Gasteiger partial charge in [0.15, 0.2) is 0 Å². The first-order valence-corrected chi connectivity index (χ1v) is 7.92. The summed E-state index contributed by atoms with van der Waals surface area (Å²) in [5.74, 6) is 0.925. The fraction of sp³-hybridized carbons (Fsp3) is 0.625. The molecular weight excluding hydrogens is 286 g/mol. The summed E-state index contributed by atoms with van der Waals surface area (Å²) >= 11 is 3.63. The van der Waals surface area contributed by atoms with Crippen LogP contribution in [0.15, 0.2) is 16.6 Å². The third-order valence-corrected chi connectivity index (χ3v) is 5.42. The summed E-state index contributed by atoms with van der Waals surface area (Å²) in [6, 6.07) is 5.18. The molecule has 1 saturated carbocycles. The second kappa shape index (κ2) is 6.10. The molecule has 2 unspecified atom stereocenters. The maximum Gasteiger partial charge on any atom is 0.0348 e. The SMILES string of the molecule is CCC1CCCC(Nc2cc(C)c(Br)c(C)c2)C1. The van der Waals surface area contributed by atoms with Crippen molar-refractivity contribution in [3.63, 3.8) is 0 Å². The first-order chi connectivity index (χ1) is 8.60. The molecule has 2 atom stereocenters. The number of hydrogen-bond acceptors (Lipinski definition) is 1. The maximum atomic E-state index is 3.73. The third kappa shape index (κ3) is 3.28. The number of anilines is 1. The van der Waals surface area contributed by atoms with E-state index in [0.717, 1.165) is 5.92 Å². The zero-order valence-corrected chi connectivity index (χ0v) is 13.3. The van der Waals surface area contributed by atoms with Gasteiger partial charge in [0.25, 0.3) is 0 Å². The first kappa shape index (κ1) is 13.9. The van der Waals surface area contributed by atoms with Crippen LogP contribution < -0.4 is 5.32 Å². The number of aryl methyl sites for hydroxylation is 2. The molecule has 0 aromatic heterocycles. The largest absolute Gasteiger partial charge is 0.382 e. The standard InChI is InChI=1S/C16H24BrN/c1-4-13-6-5-7-14(10-13)18-15-8-11(2)16(17)12(3)9-15/h8-9,13-14,18H,4-7,10H2,1-3H3. The lowest BCUT2D eigenvalue weighted by molar-refractivity contribution is 0.327. The molecule has 0 saturated heterocycles. The minimum atomic E-state index is 0.670. The van der Waals surface area contributed by atoms with Crippen molar-refractivity contribution in [2.45, 2.75) is 58.9 Å². The van der Waals surface area contributed by atoms with Crippen LogP contribution in [0.5, 0.6) is 0 Å². The van der Waals surface area contributed by atoms with Crippen LogP contribution in [0.25, 0.3) is 0 Å². The highest BCUT2D eigenvalue weighted by Gasteiger charge is 2.20. The summed E-state index contributed by atoms with van der Waals surface area (Å²) in [4.78, 5) is 0. The van der Waals surface area contributed by atoms with Gasteiger partial charge < -0.3 is 5.32 Å². The van der Waals surface area contributed by atoms with Gasteiger partial charge in [0.05, 0.1) is 0 Å². The third-order valence-electron chi connectivity index (χ3n) is 4.17. The van der Waals surface area contributed by atoms with Crippen LogP contribution in [0.2, 0.25) is 0 Å². The van der Waals surface area contributed by atoms with Crippen molar-refractivity contribution in [3.05, 3.63) is 27.7 Å². The van der Waals surface area contributed by atoms with Crippen LogP contribution in [0, 0.1) is 19.8 Å². The van der Waals surface area contributed by atoms with Gasteiger partial charge in [-0.1, -0.05) is 42.1 Å². The van der Waals surface area contributed by atoms with Gasteiger partial charge >= 0.3 is 0 Å². The monoisotopic (exact) mass is 309 g/mol. The fourth-order valence-corrected chi connectivity index (χ4v) is 3.29. The molecule has 1 aromatic rings. The van der Waals surface area contributed by atoms with Crippen molar-refractivity contribution in [3.8, 4) is 0 Å². The lowest BCUT2D eigenvalue weighted by Gasteiger charge is -2.30. The van der Waals surface area contributed by atoms with Crippen molar-refractivity contribution >= 4 is 21.6 Å². The molecule has 2 heteroatoms. The van der Waals surface area contributed by atoms with E-state index in [0.29, 0.717) is 6.04 Å². The predicted octanol–water partition coefficient (Wildman–Crippen LogP) is 5.45. The molecule has 1 aliphatic rings. The minimum Gasteiger partial charge on any atom is -0.382 e. The van der Waals surface area contributed by atoms with Gasteiger partial charge in [-0.15, -0.1) is 0 Å². The van der Waals surface area contributed by atoms with Gasteiger partial charge in [0.2, 0.25) is 0 Å². The molecule has 0 radical (unpaired) electrons. The molecule has 1 N–H and O–H groups in total. The lowest BCUT2D eigenvalue weighted by Crippen LogP contribution is -2.27. The highest BCUT2D eigenvalue weighted by atomic mass is 79.9. The second-order valence-corrected chi connectivity index (χ2v) is 6.50. The molecule has 0 heterocycles. The van der Waals surface area contributed by atoms with Gasteiger partial charge in [-0.3, -0.25) is 0 Å². The van der Waals surface area contributed by atoms with Crippen LogP contribution in [-0.4, -0.2) is 6.04 Å². The first-order valence-electron chi connectivity index (χ1n) is 7.13. The molecule has 0 amide bonds. The van der Waals surface area contributed by atoms with Gasteiger partial charge in [0.1, 0.15) is 0 Å². The minimum absolute atomic E-state index is 0.670. The van der Waals surface area contributed by atoms with E-state index in [9.17, 15) is 0 Å². The van der Waals surface area contributed by atoms with E-state index in [-0.39, 0.29) is 0 Å². The molecule has 2 rings (SSSR count). The Labute approximate surface area is 119 Å². The van der Waals surface area contributed by atoms with Crippen LogP contribution in [-0.2, 0) is 0 Å². The average molecular weight is 310 g/mol. The molecule has 0 spiro atoms. The van der Waals surface area contributed by atoms with Crippen molar-refractivity contribution in [2.24, 2.45) is 5.92 Å². The zero-order chi connectivity index (χ0) is 13.1. The zero-order valence-electron chi connectivity index (χ0n) is 11.7. The summed E-state index contributed by atoms with van der Waals surface area (Å²) in [5.41, 5.74) is 3.93. The van der Waals surface area contributed by atoms with E-state index >= 15 is 0 Å². The summed E-state index contributed by atoms with van der Waals surface area (Å²) in [7, 11) is 0. The number of benzene rings is 1. The van der Waals surface area contributed by atoms with E-state index in [2.05, 4.69) is 54.2 Å². The van der Waals surface area contributed by atoms with Gasteiger partial charge in [-0.05, 0) is 55.9 Å². The quantitative estimate of drug-likeness (QED) is 0.783. The van der Waals surface area contributed by atoms with Crippen LogP contribution in [0.3, 0.4) is 0 Å². The molecule has 1 aliphatic carbocycles. The summed E-state index contributed by atoms with van der Waals surface area (Å²) in [6.45, 7) is 6.65. The number of halogens is 1. The van der Waals surface area contributed by atoms with Crippen molar-refractivity contribution in [2.75, 3.05) is 5.32 Å². The molecular formula is C16H24BrN. The normalized spacial score (nSPS) is 24.0. The topological polar surface area (TPSA) is 12.0 Å². The molecule has 1 fully saturated rings. The second-order valence-electron chi connectivity index (χ2n) is 5.71. The van der Waals surface area contributed by atoms with Crippen LogP contribution >= 0.6 is 15.9 Å². The number of hydrogen-bond donors (Lipinski definition) is 1. The lowest BCUT2D eigenvalue weighted by atomic mass is 9.84. The Morgan fingerprint density at radius 2 is 1.89 bits per heavy atom. The molecule has 18 heavy (non-hydrogen) atoms. The molecule has 0 aliphatic heterocycles. The van der Waals surface area contributed by atoms with Gasteiger partial charge in [-0.2, -0.15) is 0 Å². The Bertz CT molecular complexity index is 391. The highest BCUT2D eigenvalue weighted by Crippen LogP contribution is 2.30. The Morgan fingerprint density at radius 3 is 2.50 bits per heavy atom. The summed E-state index contributed by atoms with van der Waals surface area (Å²) in [5, 5.41) is 3.73. The van der Waals surface area contributed by atoms with Gasteiger partial charge in [0, 0.05) is 16.2 Å². The predicted molar refractivity (Wildman–Crippen MR) is 83.3 cm³/mol. The van der Waals surface area contributed by atoms with E-state index in [1.807, 2.05) is 0 Å². The van der Waals surface area contributed by atoms with Crippen LogP contribution in [0.1, 0.15) is 50.2 Å². The summed E-state index contributed by atoms with van der Waals surface area (Å²) in [6.07, 6.45) is 6.80. The highest BCUT2D eigenvalue weighted by molar-refractivity contribution is 9.10. The van der Waals surface area contributed by atoms with Crippen molar-refractivity contribution in [1.29, 1.82) is 0 Å². The molecule has 1 aromatic carbocycles. The molecule has 1 nitrogen and oxygen atoms in total.